The van der Waals surface area contributed by atoms with E-state index in [0.29, 0.717) is 24.8 Å². The molecule has 0 aliphatic carbocycles. The van der Waals surface area contributed by atoms with Gasteiger partial charge in [0.1, 0.15) is 5.01 Å². The van der Waals surface area contributed by atoms with E-state index in [0.717, 1.165) is 23.5 Å². The van der Waals surface area contributed by atoms with Gasteiger partial charge in [0.2, 0.25) is 0 Å². The van der Waals surface area contributed by atoms with Gasteiger partial charge in [-0.2, -0.15) is 0 Å². The summed E-state index contributed by atoms with van der Waals surface area (Å²) in [6, 6.07) is 3.70. The Hall–Kier alpha value is -1.83. The molecule has 0 amide bonds. The second kappa shape index (κ2) is 6.30. The Bertz CT molecular complexity index is 624. The Kier molecular flexibility index (Phi) is 4.23. The highest BCUT2D eigenvalue weighted by Gasteiger charge is 2.21. The van der Waals surface area contributed by atoms with Crippen LogP contribution in [0, 0.1) is 0 Å². The number of aromatic carboxylic acids is 1. The molecule has 2 aromatic rings. The van der Waals surface area contributed by atoms with Gasteiger partial charge in [0.25, 0.3) is 0 Å². The third kappa shape index (κ3) is 3.26. The van der Waals surface area contributed by atoms with Gasteiger partial charge in [-0.3, -0.25) is 9.88 Å². The smallest absolute Gasteiger partial charge is 0.355 e. The predicted octanol–water partition coefficient (Wildman–Crippen LogP) is 1.74. The average Bonchev–Trinajstić information content (AvgIpc) is 2.93. The molecule has 0 spiro atoms. The van der Waals surface area contributed by atoms with Gasteiger partial charge in [0.15, 0.2) is 5.69 Å². The number of nitrogens with zero attached hydrogens (tertiary/aromatic N) is 3. The fourth-order valence-corrected chi connectivity index (χ4v) is 3.29. The van der Waals surface area contributed by atoms with Crippen molar-refractivity contribution in [1.82, 2.24) is 14.9 Å². The molecule has 1 aliphatic heterocycles. The molecule has 0 saturated carbocycles. The summed E-state index contributed by atoms with van der Waals surface area (Å²) in [7, 11) is 0. The highest BCUT2D eigenvalue weighted by molar-refractivity contribution is 7.15. The number of aromatic nitrogens is 2. The Morgan fingerprint density at radius 1 is 1.43 bits per heavy atom. The van der Waals surface area contributed by atoms with E-state index in [1.165, 1.54) is 11.3 Å². The topological polar surface area (TPSA) is 75.5 Å². The lowest BCUT2D eigenvalue weighted by Crippen LogP contribution is -2.35. The molecule has 1 N–H and O–H groups in total. The Labute approximate surface area is 126 Å². The van der Waals surface area contributed by atoms with E-state index < -0.39 is 5.97 Å². The van der Waals surface area contributed by atoms with Crippen LogP contribution in [0.5, 0.6) is 0 Å². The molecular formula is C14H15N3O3S. The number of hydrogen-bond acceptors (Lipinski definition) is 6. The first kappa shape index (κ1) is 14.1. The van der Waals surface area contributed by atoms with Crippen molar-refractivity contribution in [3.05, 3.63) is 35.1 Å². The first-order chi connectivity index (χ1) is 10.2. The fraction of sp³-hybridized carbons (Fsp3) is 0.357. The minimum Gasteiger partial charge on any atom is -0.476 e. The van der Waals surface area contributed by atoms with Crippen molar-refractivity contribution in [1.29, 1.82) is 0 Å². The molecule has 21 heavy (non-hydrogen) atoms. The summed E-state index contributed by atoms with van der Waals surface area (Å²) >= 11 is 1.42. The SMILES string of the molecule is O=C(O)c1nc(-c2cccnc2)sc1CN1CCOCC1. The number of morpholine rings is 1. The highest BCUT2D eigenvalue weighted by Crippen LogP contribution is 2.28. The van der Waals surface area contributed by atoms with E-state index in [4.69, 9.17) is 4.74 Å². The summed E-state index contributed by atoms with van der Waals surface area (Å²) in [5, 5.41) is 10.0. The average molecular weight is 305 g/mol. The number of carboxylic acids is 1. The fourth-order valence-electron chi connectivity index (χ4n) is 2.20. The van der Waals surface area contributed by atoms with Gasteiger partial charge in [-0.05, 0) is 12.1 Å². The van der Waals surface area contributed by atoms with Crippen molar-refractivity contribution in [3.8, 4) is 10.6 Å². The van der Waals surface area contributed by atoms with Gasteiger partial charge < -0.3 is 9.84 Å². The van der Waals surface area contributed by atoms with Crippen LogP contribution in [0.15, 0.2) is 24.5 Å². The van der Waals surface area contributed by atoms with Gasteiger partial charge >= 0.3 is 5.97 Å². The molecule has 0 bridgehead atoms. The first-order valence-corrected chi connectivity index (χ1v) is 7.49. The lowest BCUT2D eigenvalue weighted by Gasteiger charge is -2.25. The maximum Gasteiger partial charge on any atom is 0.355 e. The molecule has 3 heterocycles. The lowest BCUT2D eigenvalue weighted by molar-refractivity contribution is 0.0343. The van der Waals surface area contributed by atoms with E-state index >= 15 is 0 Å². The van der Waals surface area contributed by atoms with Crippen LogP contribution in [0.25, 0.3) is 10.6 Å². The number of ether oxygens (including phenoxy) is 1. The molecule has 110 valence electrons. The molecule has 7 heteroatoms. The Morgan fingerprint density at radius 3 is 2.90 bits per heavy atom. The maximum absolute atomic E-state index is 11.4. The standard InChI is InChI=1S/C14H15N3O3S/c18-14(19)12-11(9-17-4-6-20-7-5-17)21-13(16-12)10-2-1-3-15-8-10/h1-3,8H,4-7,9H2,(H,18,19). The Balaban J connectivity index is 1.88. The van der Waals surface area contributed by atoms with Crippen LogP contribution in [-0.2, 0) is 11.3 Å². The van der Waals surface area contributed by atoms with Crippen molar-refractivity contribution in [2.24, 2.45) is 0 Å². The van der Waals surface area contributed by atoms with E-state index in [1.54, 1.807) is 12.4 Å². The van der Waals surface area contributed by atoms with Crippen LogP contribution in [-0.4, -0.2) is 52.2 Å². The van der Waals surface area contributed by atoms with Crippen LogP contribution in [0.4, 0.5) is 0 Å². The first-order valence-electron chi connectivity index (χ1n) is 6.67. The van der Waals surface area contributed by atoms with E-state index in [9.17, 15) is 9.90 Å². The van der Waals surface area contributed by atoms with E-state index in [1.807, 2.05) is 12.1 Å². The monoisotopic (exact) mass is 305 g/mol. The molecule has 0 radical (unpaired) electrons. The molecule has 2 aromatic heterocycles. The van der Waals surface area contributed by atoms with E-state index in [2.05, 4.69) is 14.9 Å². The number of hydrogen-bond donors (Lipinski definition) is 1. The summed E-state index contributed by atoms with van der Waals surface area (Å²) in [6.07, 6.45) is 3.38. The van der Waals surface area contributed by atoms with Crippen molar-refractivity contribution >= 4 is 17.3 Å². The zero-order valence-electron chi connectivity index (χ0n) is 11.4. The molecule has 0 unspecified atom stereocenters. The summed E-state index contributed by atoms with van der Waals surface area (Å²) in [5.74, 6) is -0.982. The molecule has 0 atom stereocenters. The predicted molar refractivity (Wildman–Crippen MR) is 78.4 cm³/mol. The summed E-state index contributed by atoms with van der Waals surface area (Å²) in [5.41, 5.74) is 0.989. The summed E-state index contributed by atoms with van der Waals surface area (Å²) in [4.78, 5) is 22.7. The third-order valence-corrected chi connectivity index (χ3v) is 4.37. The molecule has 0 aromatic carbocycles. The van der Waals surface area contributed by atoms with Gasteiger partial charge in [-0.25, -0.2) is 9.78 Å². The van der Waals surface area contributed by atoms with Gasteiger partial charge in [0, 0.05) is 37.6 Å². The number of carbonyl (C=O) groups is 1. The molecular weight excluding hydrogens is 290 g/mol. The Morgan fingerprint density at radius 2 is 2.24 bits per heavy atom. The van der Waals surface area contributed by atoms with Crippen molar-refractivity contribution in [3.63, 3.8) is 0 Å². The van der Waals surface area contributed by atoms with E-state index in [-0.39, 0.29) is 5.69 Å². The van der Waals surface area contributed by atoms with Crippen molar-refractivity contribution in [2.45, 2.75) is 6.54 Å². The molecule has 1 aliphatic rings. The molecule has 1 fully saturated rings. The largest absolute Gasteiger partial charge is 0.476 e. The highest BCUT2D eigenvalue weighted by atomic mass is 32.1. The lowest BCUT2D eigenvalue weighted by atomic mass is 10.3. The van der Waals surface area contributed by atoms with Crippen LogP contribution in [0.3, 0.4) is 0 Å². The number of pyridine rings is 1. The van der Waals surface area contributed by atoms with Gasteiger partial charge in [-0.1, -0.05) is 0 Å². The van der Waals surface area contributed by atoms with Crippen LogP contribution in [0.1, 0.15) is 15.4 Å². The third-order valence-electron chi connectivity index (χ3n) is 3.28. The van der Waals surface area contributed by atoms with Crippen molar-refractivity contribution < 1.29 is 14.6 Å². The molecule has 6 nitrogen and oxygen atoms in total. The maximum atomic E-state index is 11.4. The quantitative estimate of drug-likeness (QED) is 0.927. The second-order valence-corrected chi connectivity index (χ2v) is 5.81. The minimum atomic E-state index is -0.982. The van der Waals surface area contributed by atoms with Crippen LogP contribution in [0.2, 0.25) is 0 Å². The van der Waals surface area contributed by atoms with Gasteiger partial charge in [0.05, 0.1) is 18.1 Å². The minimum absolute atomic E-state index is 0.144. The second-order valence-electron chi connectivity index (χ2n) is 4.73. The van der Waals surface area contributed by atoms with Crippen LogP contribution >= 0.6 is 11.3 Å². The van der Waals surface area contributed by atoms with Crippen LogP contribution < -0.4 is 0 Å². The zero-order chi connectivity index (χ0) is 14.7. The normalized spacial score (nSPS) is 16.0. The van der Waals surface area contributed by atoms with Gasteiger partial charge in [-0.15, -0.1) is 11.3 Å². The number of thiazole rings is 1. The number of carboxylic acid groups (broad SMARTS) is 1. The molecule has 1 saturated heterocycles. The zero-order valence-corrected chi connectivity index (χ0v) is 12.2. The summed E-state index contributed by atoms with van der Waals surface area (Å²) in [6.45, 7) is 3.62. The molecule has 3 rings (SSSR count). The van der Waals surface area contributed by atoms with Crippen molar-refractivity contribution in [2.75, 3.05) is 26.3 Å². The summed E-state index contributed by atoms with van der Waals surface area (Å²) < 4.78 is 5.31. The number of rotatable bonds is 4.